The van der Waals surface area contributed by atoms with Crippen LogP contribution in [-0.2, 0) is 0 Å². The third kappa shape index (κ3) is 3.06. The fourth-order valence-corrected chi connectivity index (χ4v) is 3.47. The Labute approximate surface area is 151 Å². The Balaban J connectivity index is 1.87. The van der Waals surface area contributed by atoms with E-state index in [1.165, 1.54) is 28.6 Å². The van der Waals surface area contributed by atoms with Crippen LogP contribution in [0.3, 0.4) is 0 Å². The number of H-pyrrole nitrogens is 2. The van der Waals surface area contributed by atoms with E-state index < -0.39 is 0 Å². The van der Waals surface area contributed by atoms with E-state index in [2.05, 4.69) is 47.3 Å². The van der Waals surface area contributed by atoms with Crippen molar-refractivity contribution >= 4 is 16.7 Å². The number of hydrogen-bond donors (Lipinski definition) is 2. The van der Waals surface area contributed by atoms with Gasteiger partial charge in [-0.3, -0.25) is 5.32 Å². The average Bonchev–Trinajstić information content (AvgIpc) is 2.96. The summed E-state index contributed by atoms with van der Waals surface area (Å²) in [5.41, 5.74) is 5.54. The molecule has 4 heteroatoms. The van der Waals surface area contributed by atoms with Crippen LogP contribution in [0.25, 0.3) is 10.9 Å². The molecule has 0 fully saturated rings. The average molecular weight is 346 g/mol. The first kappa shape index (κ1) is 16.3. The molecule has 0 saturated carbocycles. The smallest absolute Gasteiger partial charge is 0.273 e. The molecule has 26 heavy (non-hydrogen) atoms. The number of aromatic nitrogens is 2. The molecule has 130 valence electrons. The summed E-state index contributed by atoms with van der Waals surface area (Å²) in [6.07, 6.45) is 1.92. The molecule has 0 aliphatic rings. The number of pyridine rings is 1. The second-order valence-corrected chi connectivity index (χ2v) is 6.62. The van der Waals surface area contributed by atoms with Gasteiger partial charge in [0.15, 0.2) is 0 Å². The van der Waals surface area contributed by atoms with Crippen LogP contribution in [0.2, 0.25) is 0 Å². The Bertz CT molecular complexity index is 1050. The zero-order valence-corrected chi connectivity index (χ0v) is 14.8. The molecule has 0 saturated heterocycles. The summed E-state index contributed by atoms with van der Waals surface area (Å²) in [4.78, 5) is 6.72. The Morgan fingerprint density at radius 1 is 1.00 bits per heavy atom. The number of aryl methyl sites for hydroxylation is 2. The molecule has 0 aliphatic heterocycles. The molecule has 2 aromatic heterocycles. The minimum absolute atomic E-state index is 0.107. The normalized spacial score (nSPS) is 12.3. The third-order valence-electron chi connectivity index (χ3n) is 4.69. The highest BCUT2D eigenvalue weighted by atomic mass is 19.1. The molecular formula is C22H21FN3+. The van der Waals surface area contributed by atoms with Gasteiger partial charge in [0.1, 0.15) is 11.9 Å². The summed E-state index contributed by atoms with van der Waals surface area (Å²) in [7, 11) is 0. The minimum Gasteiger partial charge on any atom is -0.358 e. The second-order valence-electron chi connectivity index (χ2n) is 6.62. The molecular weight excluding hydrogens is 325 g/mol. The van der Waals surface area contributed by atoms with Crippen molar-refractivity contribution < 1.29 is 9.37 Å². The highest BCUT2D eigenvalue weighted by molar-refractivity contribution is 5.86. The van der Waals surface area contributed by atoms with E-state index in [0.29, 0.717) is 0 Å². The van der Waals surface area contributed by atoms with Crippen LogP contribution in [0, 0.1) is 19.7 Å². The lowest BCUT2D eigenvalue weighted by Gasteiger charge is -2.16. The number of anilines is 1. The lowest BCUT2D eigenvalue weighted by Crippen LogP contribution is -2.19. The Kier molecular flexibility index (Phi) is 4.17. The second kappa shape index (κ2) is 6.64. The van der Waals surface area contributed by atoms with Crippen LogP contribution in [0.15, 0.2) is 66.9 Å². The van der Waals surface area contributed by atoms with Crippen molar-refractivity contribution in [2.24, 2.45) is 0 Å². The standard InChI is InChI=1S/C22H20FN3/c1-14-11-12-24-20(13-14)26-22(16-7-9-17(23)10-8-16)21-15(2)25-19-6-4-3-5-18(19)21/h3-13,22,25H,1-2H3,(H,24,26)/p+1/t22-/m1/s1. The van der Waals surface area contributed by atoms with Crippen molar-refractivity contribution in [1.82, 2.24) is 4.98 Å². The molecule has 4 aromatic rings. The maximum Gasteiger partial charge on any atom is 0.273 e. The lowest BCUT2D eigenvalue weighted by molar-refractivity contribution is -0.361. The highest BCUT2D eigenvalue weighted by Crippen LogP contribution is 2.34. The summed E-state index contributed by atoms with van der Waals surface area (Å²) in [5.74, 6) is 0.689. The molecule has 0 unspecified atom stereocenters. The Hall–Kier alpha value is -3.14. The highest BCUT2D eigenvalue weighted by Gasteiger charge is 2.25. The third-order valence-corrected chi connectivity index (χ3v) is 4.69. The van der Waals surface area contributed by atoms with Crippen LogP contribution in [0.5, 0.6) is 0 Å². The van der Waals surface area contributed by atoms with Gasteiger partial charge in [0.2, 0.25) is 0 Å². The number of rotatable bonds is 4. The summed E-state index contributed by atoms with van der Waals surface area (Å²) in [6, 6.07) is 18.9. The van der Waals surface area contributed by atoms with Crippen molar-refractivity contribution in [3.05, 3.63) is 95.1 Å². The lowest BCUT2D eigenvalue weighted by atomic mass is 9.96. The predicted octanol–water partition coefficient (Wildman–Crippen LogP) is 4.94. The molecule has 0 spiro atoms. The zero-order chi connectivity index (χ0) is 18.1. The van der Waals surface area contributed by atoms with Gasteiger partial charge >= 0.3 is 0 Å². The number of fused-ring (bicyclic) bond motifs is 1. The van der Waals surface area contributed by atoms with Gasteiger partial charge in [-0.05, 0) is 43.7 Å². The fraction of sp³-hybridized carbons (Fsp3) is 0.136. The molecule has 0 bridgehead atoms. The van der Waals surface area contributed by atoms with Crippen molar-refractivity contribution in [2.75, 3.05) is 5.32 Å². The molecule has 0 amide bonds. The van der Waals surface area contributed by atoms with E-state index in [9.17, 15) is 4.39 Å². The number of nitrogens with one attached hydrogen (secondary N) is 3. The Morgan fingerprint density at radius 3 is 2.54 bits per heavy atom. The van der Waals surface area contributed by atoms with Crippen molar-refractivity contribution in [3.8, 4) is 0 Å². The van der Waals surface area contributed by atoms with E-state index in [1.54, 1.807) is 0 Å². The van der Waals surface area contributed by atoms with Gasteiger partial charge in [0.05, 0.1) is 6.20 Å². The van der Waals surface area contributed by atoms with Crippen LogP contribution in [0.1, 0.15) is 28.4 Å². The minimum atomic E-state index is -0.231. The first-order valence-corrected chi connectivity index (χ1v) is 8.69. The van der Waals surface area contributed by atoms with Crippen LogP contribution >= 0.6 is 0 Å². The van der Waals surface area contributed by atoms with Gasteiger partial charge in [-0.15, -0.1) is 0 Å². The van der Waals surface area contributed by atoms with E-state index in [1.807, 2.05) is 36.5 Å². The fourth-order valence-electron chi connectivity index (χ4n) is 3.47. The molecule has 1 atom stereocenters. The zero-order valence-electron chi connectivity index (χ0n) is 14.8. The van der Waals surface area contributed by atoms with E-state index in [-0.39, 0.29) is 11.9 Å². The molecule has 4 rings (SSSR count). The van der Waals surface area contributed by atoms with Crippen molar-refractivity contribution in [2.45, 2.75) is 19.9 Å². The van der Waals surface area contributed by atoms with E-state index >= 15 is 0 Å². The van der Waals surface area contributed by atoms with Gasteiger partial charge in [0, 0.05) is 33.8 Å². The van der Waals surface area contributed by atoms with Gasteiger partial charge in [-0.25, -0.2) is 9.37 Å². The maximum absolute atomic E-state index is 13.5. The predicted molar refractivity (Wildman–Crippen MR) is 103 cm³/mol. The van der Waals surface area contributed by atoms with Gasteiger partial charge < -0.3 is 4.98 Å². The molecule has 0 radical (unpaired) electrons. The molecule has 3 nitrogen and oxygen atoms in total. The number of hydrogen-bond acceptors (Lipinski definition) is 1. The van der Waals surface area contributed by atoms with Crippen LogP contribution < -0.4 is 10.3 Å². The topological polar surface area (TPSA) is 42.0 Å². The summed E-state index contributed by atoms with van der Waals surface area (Å²) in [5, 5.41) is 4.76. The largest absolute Gasteiger partial charge is 0.358 e. The summed E-state index contributed by atoms with van der Waals surface area (Å²) < 4.78 is 13.5. The number of para-hydroxylation sites is 1. The summed E-state index contributed by atoms with van der Waals surface area (Å²) in [6.45, 7) is 4.14. The summed E-state index contributed by atoms with van der Waals surface area (Å²) >= 11 is 0. The van der Waals surface area contributed by atoms with Crippen molar-refractivity contribution in [1.29, 1.82) is 0 Å². The number of halogens is 1. The van der Waals surface area contributed by atoms with E-state index in [4.69, 9.17) is 0 Å². The van der Waals surface area contributed by atoms with Crippen LogP contribution in [-0.4, -0.2) is 4.98 Å². The van der Waals surface area contributed by atoms with Gasteiger partial charge in [-0.1, -0.05) is 30.3 Å². The number of benzene rings is 2. The SMILES string of the molecule is Cc1cc[nH+]c(N[C@H](c2ccc(F)cc2)c2c(C)[nH]c3ccccc23)c1. The maximum atomic E-state index is 13.5. The molecule has 0 aliphatic carbocycles. The quantitative estimate of drug-likeness (QED) is 0.540. The first-order valence-electron chi connectivity index (χ1n) is 8.69. The van der Waals surface area contributed by atoms with Gasteiger partial charge in [-0.2, -0.15) is 0 Å². The molecule has 2 aromatic carbocycles. The van der Waals surface area contributed by atoms with Crippen molar-refractivity contribution in [3.63, 3.8) is 0 Å². The monoisotopic (exact) mass is 346 g/mol. The van der Waals surface area contributed by atoms with Crippen LogP contribution in [0.4, 0.5) is 10.2 Å². The first-order chi connectivity index (χ1) is 12.6. The molecule has 3 N–H and O–H groups in total. The van der Waals surface area contributed by atoms with Gasteiger partial charge in [0.25, 0.3) is 5.82 Å². The van der Waals surface area contributed by atoms with E-state index in [0.717, 1.165) is 22.6 Å². The Morgan fingerprint density at radius 2 is 1.77 bits per heavy atom. The molecule has 2 heterocycles. The number of aromatic amines is 2.